The van der Waals surface area contributed by atoms with E-state index in [0.717, 1.165) is 52.4 Å². The molecule has 0 radical (unpaired) electrons. The molecule has 0 aliphatic carbocycles. The number of hydrogen-bond donors (Lipinski definition) is 2. The first kappa shape index (κ1) is 15.4. The van der Waals surface area contributed by atoms with Gasteiger partial charge in [0.2, 0.25) is 0 Å². The molecule has 112 valence electrons. The third kappa shape index (κ3) is 3.55. The first-order chi connectivity index (χ1) is 9.77. The summed E-state index contributed by atoms with van der Waals surface area (Å²) in [7, 11) is 0. The molecule has 2 atom stereocenters. The predicted molar refractivity (Wildman–Crippen MR) is 81.9 cm³/mol. The third-order valence-corrected chi connectivity index (χ3v) is 4.12. The minimum absolute atomic E-state index is 0.199. The maximum absolute atomic E-state index is 12.8. The average Bonchev–Trinajstić information content (AvgIpc) is 2.51. The molecule has 0 spiro atoms. The lowest BCUT2D eigenvalue weighted by Gasteiger charge is -2.37. The highest BCUT2D eigenvalue weighted by Gasteiger charge is 2.32. The van der Waals surface area contributed by atoms with Gasteiger partial charge in [0.15, 0.2) is 5.78 Å². The lowest BCUT2D eigenvalue weighted by Crippen LogP contribution is -2.57. The van der Waals surface area contributed by atoms with Gasteiger partial charge in [0.25, 0.3) is 0 Å². The molecule has 2 saturated heterocycles. The lowest BCUT2D eigenvalue weighted by atomic mass is 10.0. The zero-order valence-electron chi connectivity index (χ0n) is 12.2. The molecular weight excluding hydrogens is 252 g/mol. The summed E-state index contributed by atoms with van der Waals surface area (Å²) >= 11 is 0. The van der Waals surface area contributed by atoms with E-state index >= 15 is 0 Å². The molecular formula is C15H26N4O. The van der Waals surface area contributed by atoms with Gasteiger partial charge in [0.05, 0.1) is 12.1 Å². The quantitative estimate of drug-likeness (QED) is 0.640. The summed E-state index contributed by atoms with van der Waals surface area (Å²) in [6.45, 7) is 15.1. The van der Waals surface area contributed by atoms with Crippen LogP contribution in [0.3, 0.4) is 0 Å². The second-order valence-electron chi connectivity index (χ2n) is 5.34. The zero-order chi connectivity index (χ0) is 14.4. The Morgan fingerprint density at radius 3 is 1.50 bits per heavy atom. The fourth-order valence-corrected chi connectivity index (χ4v) is 2.99. The Hall–Kier alpha value is -1.01. The van der Waals surface area contributed by atoms with Crippen LogP contribution in [0.2, 0.25) is 0 Å². The number of carbonyl (C=O) groups excluding carboxylic acids is 1. The van der Waals surface area contributed by atoms with Crippen molar-refractivity contribution in [3.05, 3.63) is 25.3 Å². The van der Waals surface area contributed by atoms with Gasteiger partial charge in [-0.25, -0.2) is 0 Å². The zero-order valence-corrected chi connectivity index (χ0v) is 12.2. The van der Waals surface area contributed by atoms with Crippen LogP contribution >= 0.6 is 0 Å². The monoisotopic (exact) mass is 278 g/mol. The van der Waals surface area contributed by atoms with Crippen molar-refractivity contribution in [3.63, 3.8) is 0 Å². The number of Topliss-reactive ketones (excluding diaryl/α,β-unsaturated/α-hetero) is 1. The summed E-state index contributed by atoms with van der Waals surface area (Å²) in [5.74, 6) is 0.207. The van der Waals surface area contributed by atoms with Crippen LogP contribution in [0.25, 0.3) is 0 Å². The van der Waals surface area contributed by atoms with Crippen LogP contribution < -0.4 is 10.6 Å². The van der Waals surface area contributed by atoms with Gasteiger partial charge in [-0.2, -0.15) is 0 Å². The number of carbonyl (C=O) groups is 1. The van der Waals surface area contributed by atoms with E-state index < -0.39 is 0 Å². The summed E-state index contributed by atoms with van der Waals surface area (Å²) in [4.78, 5) is 17.3. The van der Waals surface area contributed by atoms with E-state index in [1.807, 2.05) is 0 Å². The molecule has 2 N–H and O–H groups in total. The fourth-order valence-electron chi connectivity index (χ4n) is 2.99. The van der Waals surface area contributed by atoms with Crippen molar-refractivity contribution in [1.29, 1.82) is 0 Å². The molecule has 2 unspecified atom stereocenters. The van der Waals surface area contributed by atoms with Crippen molar-refractivity contribution in [2.24, 2.45) is 0 Å². The van der Waals surface area contributed by atoms with Crippen LogP contribution in [0.4, 0.5) is 0 Å². The highest BCUT2D eigenvalue weighted by molar-refractivity contribution is 5.92. The van der Waals surface area contributed by atoms with Crippen molar-refractivity contribution >= 4 is 5.78 Å². The Kier molecular flexibility index (Phi) is 5.91. The highest BCUT2D eigenvalue weighted by Crippen LogP contribution is 2.12. The Bertz CT molecular complexity index is 314. The van der Waals surface area contributed by atoms with Crippen molar-refractivity contribution in [3.8, 4) is 0 Å². The molecule has 0 saturated carbocycles. The smallest absolute Gasteiger partial charge is 0.174 e. The second-order valence-corrected chi connectivity index (χ2v) is 5.34. The van der Waals surface area contributed by atoms with Crippen molar-refractivity contribution in [2.75, 3.05) is 52.4 Å². The summed E-state index contributed by atoms with van der Waals surface area (Å²) < 4.78 is 0. The first-order valence-corrected chi connectivity index (χ1v) is 7.46. The molecule has 0 aromatic heterocycles. The van der Waals surface area contributed by atoms with E-state index in [0.29, 0.717) is 0 Å². The number of piperazine rings is 2. The Morgan fingerprint density at radius 1 is 0.850 bits per heavy atom. The van der Waals surface area contributed by atoms with E-state index in [1.165, 1.54) is 0 Å². The van der Waals surface area contributed by atoms with Gasteiger partial charge in [0, 0.05) is 52.4 Å². The molecule has 0 amide bonds. The van der Waals surface area contributed by atoms with Gasteiger partial charge in [0.1, 0.15) is 0 Å². The number of nitrogens with zero attached hydrogens (tertiary/aromatic N) is 2. The van der Waals surface area contributed by atoms with Crippen LogP contribution in [-0.2, 0) is 4.79 Å². The molecule has 2 fully saturated rings. The SMILES string of the molecule is C=CC(C(=O)C(C=C)N1CCNCC1)N1CCNCC1. The number of rotatable bonds is 6. The number of ketones is 1. The highest BCUT2D eigenvalue weighted by atomic mass is 16.1. The molecule has 0 aromatic carbocycles. The molecule has 2 rings (SSSR count). The van der Waals surface area contributed by atoms with Crippen LogP contribution in [-0.4, -0.2) is 80.0 Å². The summed E-state index contributed by atoms with van der Waals surface area (Å²) in [5, 5.41) is 6.63. The van der Waals surface area contributed by atoms with Gasteiger partial charge >= 0.3 is 0 Å². The molecule has 5 heteroatoms. The summed E-state index contributed by atoms with van der Waals surface area (Å²) in [6, 6.07) is -0.398. The molecule has 2 aliphatic heterocycles. The molecule has 2 heterocycles. The fraction of sp³-hybridized carbons (Fsp3) is 0.667. The number of hydrogen-bond acceptors (Lipinski definition) is 5. The van der Waals surface area contributed by atoms with E-state index in [4.69, 9.17) is 0 Å². The van der Waals surface area contributed by atoms with E-state index in [-0.39, 0.29) is 17.9 Å². The van der Waals surface area contributed by atoms with Crippen LogP contribution in [0.15, 0.2) is 25.3 Å². The van der Waals surface area contributed by atoms with Crippen LogP contribution in [0.5, 0.6) is 0 Å². The first-order valence-electron chi connectivity index (χ1n) is 7.46. The normalized spacial score (nSPS) is 24.8. The third-order valence-electron chi connectivity index (χ3n) is 4.12. The average molecular weight is 278 g/mol. The number of nitrogens with one attached hydrogen (secondary N) is 2. The summed E-state index contributed by atoms with van der Waals surface area (Å²) in [5.41, 5.74) is 0. The second kappa shape index (κ2) is 7.69. The topological polar surface area (TPSA) is 47.6 Å². The Balaban J connectivity index is 2.04. The Morgan fingerprint density at radius 2 is 1.20 bits per heavy atom. The van der Waals surface area contributed by atoms with Gasteiger partial charge in [-0.05, 0) is 0 Å². The van der Waals surface area contributed by atoms with Crippen molar-refractivity contribution in [2.45, 2.75) is 12.1 Å². The van der Waals surface area contributed by atoms with E-state index in [9.17, 15) is 4.79 Å². The van der Waals surface area contributed by atoms with Gasteiger partial charge in [-0.15, -0.1) is 13.2 Å². The lowest BCUT2D eigenvalue weighted by molar-refractivity contribution is -0.126. The standard InChI is InChI=1S/C15H26N4O/c1-3-13(18-9-5-16-6-10-18)15(20)14(4-2)19-11-7-17-8-12-19/h3-4,13-14,16-17H,1-2,5-12H2. The maximum atomic E-state index is 12.8. The van der Waals surface area contributed by atoms with E-state index in [1.54, 1.807) is 12.2 Å². The van der Waals surface area contributed by atoms with Crippen LogP contribution in [0.1, 0.15) is 0 Å². The molecule has 20 heavy (non-hydrogen) atoms. The van der Waals surface area contributed by atoms with Gasteiger partial charge in [-0.1, -0.05) is 12.2 Å². The molecule has 0 aromatic rings. The molecule has 5 nitrogen and oxygen atoms in total. The van der Waals surface area contributed by atoms with E-state index in [2.05, 4.69) is 33.6 Å². The van der Waals surface area contributed by atoms with Gasteiger partial charge < -0.3 is 10.6 Å². The minimum atomic E-state index is -0.199. The Labute approximate surface area is 121 Å². The van der Waals surface area contributed by atoms with Crippen molar-refractivity contribution in [1.82, 2.24) is 20.4 Å². The predicted octanol–water partition coefficient (Wildman–Crippen LogP) is -0.525. The van der Waals surface area contributed by atoms with Crippen molar-refractivity contribution < 1.29 is 4.79 Å². The van der Waals surface area contributed by atoms with Crippen LogP contribution in [0, 0.1) is 0 Å². The summed E-state index contributed by atoms with van der Waals surface area (Å²) in [6.07, 6.45) is 3.57. The largest absolute Gasteiger partial charge is 0.314 e. The minimum Gasteiger partial charge on any atom is -0.314 e. The maximum Gasteiger partial charge on any atom is 0.174 e. The van der Waals surface area contributed by atoms with Gasteiger partial charge in [-0.3, -0.25) is 14.6 Å². The molecule has 2 aliphatic rings. The molecule has 0 bridgehead atoms.